The predicted molar refractivity (Wildman–Crippen MR) is 71.9 cm³/mol. The van der Waals surface area contributed by atoms with Crippen molar-refractivity contribution in [3.05, 3.63) is 0 Å². The second kappa shape index (κ2) is 5.80. The van der Waals surface area contributed by atoms with Gasteiger partial charge in [0.1, 0.15) is 5.60 Å². The smallest absolute Gasteiger partial charge is 0.407 e. The Kier molecular flexibility index (Phi) is 4.82. The number of ether oxygens (including phenoxy) is 1. The topological polar surface area (TPSA) is 75.6 Å². The lowest BCUT2D eigenvalue weighted by Crippen LogP contribution is -2.44. The van der Waals surface area contributed by atoms with E-state index in [4.69, 9.17) is 4.74 Å². The van der Waals surface area contributed by atoms with Crippen molar-refractivity contribution in [2.24, 2.45) is 11.3 Å². The van der Waals surface area contributed by atoms with Gasteiger partial charge in [-0.2, -0.15) is 0 Å². The highest BCUT2D eigenvalue weighted by molar-refractivity contribution is 5.76. The third kappa shape index (κ3) is 5.09. The third-order valence-electron chi connectivity index (χ3n) is 3.48. The van der Waals surface area contributed by atoms with E-state index in [9.17, 15) is 14.7 Å². The summed E-state index contributed by atoms with van der Waals surface area (Å²) in [6, 6.07) is 0. The van der Waals surface area contributed by atoms with E-state index in [1.807, 2.05) is 6.92 Å². The Hall–Kier alpha value is -1.26. The number of alkyl carbamates (subject to hydrolysis) is 1. The van der Waals surface area contributed by atoms with Crippen LogP contribution in [0, 0.1) is 11.3 Å². The van der Waals surface area contributed by atoms with Crippen LogP contribution in [0.5, 0.6) is 0 Å². The molecule has 2 N–H and O–H groups in total. The van der Waals surface area contributed by atoms with Crippen molar-refractivity contribution >= 4 is 12.1 Å². The number of carbonyl (C=O) groups is 2. The maximum atomic E-state index is 11.6. The zero-order chi connectivity index (χ0) is 14.7. The molecule has 5 nitrogen and oxygen atoms in total. The molecule has 1 fully saturated rings. The van der Waals surface area contributed by atoms with E-state index in [0.29, 0.717) is 18.8 Å². The van der Waals surface area contributed by atoms with Crippen LogP contribution in [0.4, 0.5) is 4.79 Å². The summed E-state index contributed by atoms with van der Waals surface area (Å²) in [4.78, 5) is 23.1. The van der Waals surface area contributed by atoms with E-state index < -0.39 is 23.1 Å². The average Bonchev–Trinajstić information content (AvgIpc) is 3.05. The van der Waals surface area contributed by atoms with Gasteiger partial charge in [-0.3, -0.25) is 4.79 Å². The highest BCUT2D eigenvalue weighted by Gasteiger charge is 2.42. The molecule has 19 heavy (non-hydrogen) atoms. The van der Waals surface area contributed by atoms with Crippen molar-refractivity contribution in [1.82, 2.24) is 5.32 Å². The molecule has 1 saturated carbocycles. The number of carbonyl (C=O) groups excluding carboxylic acids is 1. The van der Waals surface area contributed by atoms with Crippen molar-refractivity contribution < 1.29 is 19.4 Å². The maximum Gasteiger partial charge on any atom is 0.407 e. The van der Waals surface area contributed by atoms with Crippen molar-refractivity contribution in [3.8, 4) is 0 Å². The van der Waals surface area contributed by atoms with Gasteiger partial charge in [-0.25, -0.2) is 4.79 Å². The fraction of sp³-hybridized carbons (Fsp3) is 0.857. The standard InChI is InChI=1S/C14H25NO4/c1-5-14(11(16)17,8-10-6-7-10)9-15-12(18)19-13(2,3)4/h10H,5-9H2,1-4H3,(H,15,18)(H,16,17). The van der Waals surface area contributed by atoms with E-state index in [2.05, 4.69) is 5.32 Å². The highest BCUT2D eigenvalue weighted by Crippen LogP contribution is 2.42. The van der Waals surface area contributed by atoms with E-state index in [-0.39, 0.29) is 6.54 Å². The van der Waals surface area contributed by atoms with Gasteiger partial charge in [0.2, 0.25) is 0 Å². The van der Waals surface area contributed by atoms with Gasteiger partial charge in [0, 0.05) is 6.54 Å². The Bertz CT molecular complexity index is 344. The van der Waals surface area contributed by atoms with Crippen LogP contribution >= 0.6 is 0 Å². The van der Waals surface area contributed by atoms with Crippen LogP contribution in [-0.2, 0) is 9.53 Å². The minimum Gasteiger partial charge on any atom is -0.481 e. The molecule has 110 valence electrons. The first-order valence-corrected chi connectivity index (χ1v) is 6.89. The molecule has 1 aliphatic carbocycles. The summed E-state index contributed by atoms with van der Waals surface area (Å²) in [5.41, 5.74) is -1.43. The maximum absolute atomic E-state index is 11.6. The zero-order valence-electron chi connectivity index (χ0n) is 12.3. The minimum atomic E-state index is -0.863. The van der Waals surface area contributed by atoms with Gasteiger partial charge in [0.15, 0.2) is 0 Å². The molecule has 1 unspecified atom stereocenters. The van der Waals surface area contributed by atoms with Crippen molar-refractivity contribution in [1.29, 1.82) is 0 Å². The number of nitrogens with one attached hydrogen (secondary N) is 1. The fourth-order valence-electron chi connectivity index (χ4n) is 2.09. The number of hydrogen-bond donors (Lipinski definition) is 2. The number of carboxylic acids is 1. The third-order valence-corrected chi connectivity index (χ3v) is 3.48. The summed E-state index contributed by atoms with van der Waals surface area (Å²) in [6.45, 7) is 7.32. The van der Waals surface area contributed by atoms with Crippen LogP contribution in [0.25, 0.3) is 0 Å². The van der Waals surface area contributed by atoms with E-state index in [1.54, 1.807) is 20.8 Å². The van der Waals surface area contributed by atoms with E-state index >= 15 is 0 Å². The molecule has 0 bridgehead atoms. The molecule has 1 rings (SSSR count). The van der Waals surface area contributed by atoms with Crippen molar-refractivity contribution in [3.63, 3.8) is 0 Å². The molecule has 1 amide bonds. The molecular formula is C14H25NO4. The van der Waals surface area contributed by atoms with Gasteiger partial charge in [-0.1, -0.05) is 19.8 Å². The first kappa shape index (κ1) is 15.8. The monoisotopic (exact) mass is 271 g/mol. The molecule has 0 saturated heterocycles. The predicted octanol–water partition coefficient (Wildman–Crippen LogP) is 2.79. The molecule has 0 aromatic heterocycles. The van der Waals surface area contributed by atoms with Gasteiger partial charge in [0.05, 0.1) is 5.41 Å². The number of rotatable bonds is 6. The molecule has 0 aliphatic heterocycles. The molecule has 0 aromatic rings. The van der Waals surface area contributed by atoms with Crippen LogP contribution in [0.2, 0.25) is 0 Å². The van der Waals surface area contributed by atoms with E-state index in [1.165, 1.54) is 0 Å². The van der Waals surface area contributed by atoms with Crippen LogP contribution in [0.15, 0.2) is 0 Å². The Morgan fingerprint density at radius 2 is 1.89 bits per heavy atom. The number of carboxylic acid groups (broad SMARTS) is 1. The largest absolute Gasteiger partial charge is 0.481 e. The Morgan fingerprint density at radius 1 is 1.32 bits per heavy atom. The normalized spacial score (nSPS) is 18.5. The molecule has 5 heteroatoms. The zero-order valence-corrected chi connectivity index (χ0v) is 12.3. The summed E-state index contributed by atoms with van der Waals surface area (Å²) in [5, 5.41) is 12.1. The second-order valence-corrected chi connectivity index (χ2v) is 6.44. The first-order valence-electron chi connectivity index (χ1n) is 6.89. The quantitative estimate of drug-likeness (QED) is 0.779. The van der Waals surface area contributed by atoms with Crippen LogP contribution in [0.1, 0.15) is 53.4 Å². The van der Waals surface area contributed by atoms with Crippen LogP contribution in [-0.4, -0.2) is 29.3 Å². The van der Waals surface area contributed by atoms with Gasteiger partial charge in [-0.15, -0.1) is 0 Å². The molecular weight excluding hydrogens is 246 g/mol. The summed E-state index contributed by atoms with van der Waals surface area (Å²) in [5.74, 6) is -0.338. The number of hydrogen-bond acceptors (Lipinski definition) is 3. The molecule has 0 heterocycles. The molecule has 0 radical (unpaired) electrons. The van der Waals surface area contributed by atoms with Crippen LogP contribution < -0.4 is 5.32 Å². The number of amides is 1. The lowest BCUT2D eigenvalue weighted by molar-refractivity contribution is -0.149. The van der Waals surface area contributed by atoms with Gasteiger partial charge in [-0.05, 0) is 39.5 Å². The lowest BCUT2D eigenvalue weighted by atomic mass is 9.80. The first-order chi connectivity index (χ1) is 8.68. The van der Waals surface area contributed by atoms with Gasteiger partial charge in [0.25, 0.3) is 0 Å². The Morgan fingerprint density at radius 3 is 2.26 bits per heavy atom. The highest BCUT2D eigenvalue weighted by atomic mass is 16.6. The van der Waals surface area contributed by atoms with Gasteiger partial charge >= 0.3 is 12.1 Å². The second-order valence-electron chi connectivity index (χ2n) is 6.44. The van der Waals surface area contributed by atoms with E-state index in [0.717, 1.165) is 12.8 Å². The summed E-state index contributed by atoms with van der Waals surface area (Å²) in [7, 11) is 0. The Balaban J connectivity index is 2.57. The SMILES string of the molecule is CCC(CNC(=O)OC(C)(C)C)(CC1CC1)C(=O)O. The molecule has 0 spiro atoms. The molecule has 1 aliphatic rings. The minimum absolute atomic E-state index is 0.129. The summed E-state index contributed by atoms with van der Waals surface area (Å²) < 4.78 is 5.13. The van der Waals surface area contributed by atoms with Gasteiger partial charge < -0.3 is 15.2 Å². The summed E-state index contributed by atoms with van der Waals surface area (Å²) >= 11 is 0. The van der Waals surface area contributed by atoms with Crippen molar-refractivity contribution in [2.45, 2.75) is 59.0 Å². The fourth-order valence-corrected chi connectivity index (χ4v) is 2.09. The van der Waals surface area contributed by atoms with Crippen LogP contribution in [0.3, 0.4) is 0 Å². The Labute approximate surface area is 114 Å². The lowest BCUT2D eigenvalue weighted by Gasteiger charge is -2.29. The average molecular weight is 271 g/mol. The molecule has 1 atom stereocenters. The molecule has 0 aromatic carbocycles. The number of aliphatic carboxylic acids is 1. The summed E-state index contributed by atoms with van der Waals surface area (Å²) in [6.07, 6.45) is 2.79. The van der Waals surface area contributed by atoms with Crippen molar-refractivity contribution in [2.75, 3.05) is 6.54 Å².